The third-order valence-corrected chi connectivity index (χ3v) is 4.61. The zero-order chi connectivity index (χ0) is 20.4. The van der Waals surface area contributed by atoms with Gasteiger partial charge in [-0.25, -0.2) is 9.97 Å². The average Bonchev–Trinajstić information content (AvgIpc) is 3.28. The summed E-state index contributed by atoms with van der Waals surface area (Å²) in [6.07, 6.45) is 5.07. The van der Waals surface area contributed by atoms with Crippen molar-refractivity contribution >= 4 is 40.0 Å². The van der Waals surface area contributed by atoms with Crippen LogP contribution in [-0.2, 0) is 0 Å². The predicted octanol–water partition coefficient (Wildman–Crippen LogP) is 5.45. The SMILES string of the molecule is CC(C)=CC/C(C)=C/c1nc2c(C(=O)Nc3nc4ccccc4[nH]3)cccc2[nH]1. The number of aromatic nitrogens is 4. The maximum atomic E-state index is 12.9. The first-order valence-electron chi connectivity index (χ1n) is 9.55. The smallest absolute Gasteiger partial charge is 0.260 e. The Hall–Kier alpha value is -3.67. The first kappa shape index (κ1) is 18.7. The van der Waals surface area contributed by atoms with E-state index in [0.29, 0.717) is 17.0 Å². The standard InChI is InChI=1S/C23H23N5O/c1-14(2)11-12-15(3)13-20-24-19-10-6-7-16(21(19)27-20)22(29)28-23-25-17-8-4-5-9-18(17)26-23/h4-11,13H,12H2,1-3H3,(H,24,27)(H2,25,26,28,29)/b15-13+. The highest BCUT2D eigenvalue weighted by molar-refractivity contribution is 6.11. The lowest BCUT2D eigenvalue weighted by atomic mass is 10.1. The van der Waals surface area contributed by atoms with Gasteiger partial charge < -0.3 is 9.97 Å². The number of imidazole rings is 2. The number of H-pyrrole nitrogens is 2. The number of anilines is 1. The number of carbonyl (C=O) groups excluding carboxylic acids is 1. The van der Waals surface area contributed by atoms with Gasteiger partial charge in [0.2, 0.25) is 5.95 Å². The van der Waals surface area contributed by atoms with Crippen molar-refractivity contribution in [3.05, 3.63) is 71.1 Å². The van der Waals surface area contributed by atoms with Gasteiger partial charge >= 0.3 is 0 Å². The van der Waals surface area contributed by atoms with Crippen molar-refractivity contribution < 1.29 is 4.79 Å². The maximum absolute atomic E-state index is 12.9. The number of benzene rings is 2. The first-order valence-corrected chi connectivity index (χ1v) is 9.55. The second-order valence-corrected chi connectivity index (χ2v) is 7.36. The van der Waals surface area contributed by atoms with Gasteiger partial charge in [-0.15, -0.1) is 0 Å². The Balaban J connectivity index is 1.61. The summed E-state index contributed by atoms with van der Waals surface area (Å²) in [6.45, 7) is 6.24. The fourth-order valence-electron chi connectivity index (χ4n) is 3.15. The summed E-state index contributed by atoms with van der Waals surface area (Å²) >= 11 is 0. The highest BCUT2D eigenvalue weighted by atomic mass is 16.1. The van der Waals surface area contributed by atoms with E-state index in [9.17, 15) is 4.79 Å². The summed E-state index contributed by atoms with van der Waals surface area (Å²) in [7, 11) is 0. The topological polar surface area (TPSA) is 86.5 Å². The van der Waals surface area contributed by atoms with Crippen LogP contribution < -0.4 is 5.32 Å². The zero-order valence-electron chi connectivity index (χ0n) is 16.7. The molecule has 6 heteroatoms. The lowest BCUT2D eigenvalue weighted by Crippen LogP contribution is -2.13. The largest absolute Gasteiger partial charge is 0.338 e. The van der Waals surface area contributed by atoms with E-state index < -0.39 is 0 Å². The van der Waals surface area contributed by atoms with Crippen molar-refractivity contribution in [3.63, 3.8) is 0 Å². The Kier molecular flexibility index (Phi) is 4.99. The molecular weight excluding hydrogens is 362 g/mol. The van der Waals surface area contributed by atoms with Gasteiger partial charge in [0, 0.05) is 0 Å². The maximum Gasteiger partial charge on any atom is 0.260 e. The van der Waals surface area contributed by atoms with Crippen LogP contribution in [0.1, 0.15) is 43.4 Å². The summed E-state index contributed by atoms with van der Waals surface area (Å²) in [5.41, 5.74) is 6.12. The molecule has 4 aromatic rings. The van der Waals surface area contributed by atoms with E-state index in [0.717, 1.165) is 28.8 Å². The van der Waals surface area contributed by atoms with Crippen LogP contribution in [0.5, 0.6) is 0 Å². The highest BCUT2D eigenvalue weighted by Crippen LogP contribution is 2.20. The molecule has 4 rings (SSSR count). The van der Waals surface area contributed by atoms with E-state index >= 15 is 0 Å². The lowest BCUT2D eigenvalue weighted by molar-refractivity contribution is 0.102. The number of fused-ring (bicyclic) bond motifs is 2. The molecule has 2 heterocycles. The molecule has 0 spiro atoms. The molecule has 0 unspecified atom stereocenters. The number of carbonyl (C=O) groups is 1. The summed E-state index contributed by atoms with van der Waals surface area (Å²) in [5.74, 6) is 0.906. The van der Waals surface area contributed by atoms with Crippen LogP contribution in [0.15, 0.2) is 59.7 Å². The minimum absolute atomic E-state index is 0.252. The number of amides is 1. The number of aromatic amines is 2. The second kappa shape index (κ2) is 7.75. The Morgan fingerprint density at radius 2 is 1.79 bits per heavy atom. The highest BCUT2D eigenvalue weighted by Gasteiger charge is 2.15. The van der Waals surface area contributed by atoms with Crippen LogP contribution in [0.2, 0.25) is 0 Å². The molecule has 0 aliphatic rings. The average molecular weight is 385 g/mol. The van der Waals surface area contributed by atoms with Gasteiger partial charge in [-0.3, -0.25) is 10.1 Å². The molecule has 0 fully saturated rings. The van der Waals surface area contributed by atoms with Gasteiger partial charge in [-0.05, 0) is 57.5 Å². The molecular formula is C23H23N5O. The molecule has 3 N–H and O–H groups in total. The fraction of sp³-hybridized carbons (Fsp3) is 0.174. The number of nitrogens with one attached hydrogen (secondary N) is 3. The van der Waals surface area contributed by atoms with E-state index in [1.165, 1.54) is 11.1 Å². The molecule has 0 saturated heterocycles. The van der Waals surface area contributed by atoms with Gasteiger partial charge in [0.25, 0.3) is 5.91 Å². The van der Waals surface area contributed by atoms with E-state index in [1.54, 1.807) is 6.07 Å². The molecule has 0 atom stereocenters. The Labute approximate surface area is 168 Å². The number of allylic oxidation sites excluding steroid dienone is 3. The van der Waals surface area contributed by atoms with Crippen molar-refractivity contribution in [3.8, 4) is 0 Å². The molecule has 146 valence electrons. The van der Waals surface area contributed by atoms with Crippen molar-refractivity contribution in [1.82, 2.24) is 19.9 Å². The van der Waals surface area contributed by atoms with Crippen LogP contribution in [0.3, 0.4) is 0 Å². The van der Waals surface area contributed by atoms with Crippen molar-refractivity contribution in [2.24, 2.45) is 0 Å². The minimum atomic E-state index is -0.252. The number of hydrogen-bond acceptors (Lipinski definition) is 3. The Morgan fingerprint density at radius 3 is 2.59 bits per heavy atom. The van der Waals surface area contributed by atoms with Crippen LogP contribution >= 0.6 is 0 Å². The minimum Gasteiger partial charge on any atom is -0.338 e. The molecule has 0 radical (unpaired) electrons. The fourth-order valence-corrected chi connectivity index (χ4v) is 3.15. The van der Waals surface area contributed by atoms with E-state index in [1.807, 2.05) is 42.5 Å². The van der Waals surface area contributed by atoms with Gasteiger partial charge in [0.05, 0.1) is 22.1 Å². The number of nitrogens with zero attached hydrogens (tertiary/aromatic N) is 2. The van der Waals surface area contributed by atoms with Crippen molar-refractivity contribution in [2.45, 2.75) is 27.2 Å². The summed E-state index contributed by atoms with van der Waals surface area (Å²) in [4.78, 5) is 28.3. The number of hydrogen-bond donors (Lipinski definition) is 3. The Bertz CT molecular complexity index is 1220. The van der Waals surface area contributed by atoms with E-state index in [-0.39, 0.29) is 5.91 Å². The Morgan fingerprint density at radius 1 is 1.00 bits per heavy atom. The third kappa shape index (κ3) is 4.11. The summed E-state index contributed by atoms with van der Waals surface area (Å²) in [5, 5.41) is 2.84. The van der Waals surface area contributed by atoms with Gasteiger partial charge in [-0.1, -0.05) is 35.4 Å². The predicted molar refractivity (Wildman–Crippen MR) is 118 cm³/mol. The zero-order valence-corrected chi connectivity index (χ0v) is 16.7. The molecule has 0 aliphatic carbocycles. The quantitative estimate of drug-likeness (QED) is 0.399. The van der Waals surface area contributed by atoms with Crippen LogP contribution in [0, 0.1) is 0 Å². The summed E-state index contributed by atoms with van der Waals surface area (Å²) < 4.78 is 0. The van der Waals surface area contributed by atoms with Crippen LogP contribution in [-0.4, -0.2) is 25.8 Å². The first-order chi connectivity index (χ1) is 14.0. The van der Waals surface area contributed by atoms with Crippen LogP contribution in [0.25, 0.3) is 28.1 Å². The third-order valence-electron chi connectivity index (χ3n) is 4.61. The van der Waals surface area contributed by atoms with Gasteiger partial charge in [0.15, 0.2) is 0 Å². The number of para-hydroxylation sites is 3. The normalized spacial score (nSPS) is 11.8. The molecule has 29 heavy (non-hydrogen) atoms. The summed E-state index contributed by atoms with van der Waals surface area (Å²) in [6, 6.07) is 13.2. The monoisotopic (exact) mass is 385 g/mol. The van der Waals surface area contributed by atoms with Crippen LogP contribution in [0.4, 0.5) is 5.95 Å². The number of rotatable bonds is 5. The van der Waals surface area contributed by atoms with Gasteiger partial charge in [-0.2, -0.15) is 0 Å². The second-order valence-electron chi connectivity index (χ2n) is 7.36. The molecule has 0 aliphatic heterocycles. The molecule has 0 bridgehead atoms. The molecule has 2 aromatic carbocycles. The lowest BCUT2D eigenvalue weighted by Gasteiger charge is -2.02. The van der Waals surface area contributed by atoms with E-state index in [4.69, 9.17) is 0 Å². The van der Waals surface area contributed by atoms with Crippen molar-refractivity contribution in [2.75, 3.05) is 5.32 Å². The molecule has 2 aromatic heterocycles. The van der Waals surface area contributed by atoms with Gasteiger partial charge in [0.1, 0.15) is 11.3 Å². The molecule has 6 nitrogen and oxygen atoms in total. The van der Waals surface area contributed by atoms with Crippen molar-refractivity contribution in [1.29, 1.82) is 0 Å². The molecule has 0 saturated carbocycles. The van der Waals surface area contributed by atoms with E-state index in [2.05, 4.69) is 52.1 Å². The molecule has 1 amide bonds.